The van der Waals surface area contributed by atoms with Crippen LogP contribution in [0.15, 0.2) is 22.9 Å². The monoisotopic (exact) mass is 347 g/mol. The van der Waals surface area contributed by atoms with Crippen molar-refractivity contribution in [3.63, 3.8) is 0 Å². The molecule has 8 heteroatoms. The van der Waals surface area contributed by atoms with Crippen LogP contribution in [0.25, 0.3) is 0 Å². The summed E-state index contributed by atoms with van der Waals surface area (Å²) >= 11 is 0. The molecule has 0 radical (unpaired) electrons. The third-order valence-electron chi connectivity index (χ3n) is 3.18. The number of nitrogens with two attached hydrogens (primary N) is 1. The lowest BCUT2D eigenvalue weighted by Crippen LogP contribution is -2.27. The minimum absolute atomic E-state index is 0. The molecular weight excluding hydrogens is 325 g/mol. The second-order valence-corrected chi connectivity index (χ2v) is 5.12. The predicted octanol–water partition coefficient (Wildman–Crippen LogP) is 2.56. The number of nitrogens with one attached hydrogen (secondary N) is 1. The number of aromatic nitrogens is 3. The standard InChI is InChI=1S/C14H21N5O.2ClH/c1-9(2)13(14-10(3)5-4-6-16-14)17-8-11-18-12(7-15)20-19-11;;/h4-6,9,13,17H,7-8,15H2,1-3H3;2*1H. The Morgan fingerprint density at radius 1 is 1.32 bits per heavy atom. The first kappa shape index (κ1) is 20.8. The van der Waals surface area contributed by atoms with Gasteiger partial charge in [0.25, 0.3) is 0 Å². The van der Waals surface area contributed by atoms with Gasteiger partial charge in [0.15, 0.2) is 5.82 Å². The molecule has 2 rings (SSSR count). The minimum Gasteiger partial charge on any atom is -0.338 e. The summed E-state index contributed by atoms with van der Waals surface area (Å²) in [5.41, 5.74) is 7.69. The van der Waals surface area contributed by atoms with Crippen molar-refractivity contribution in [3.8, 4) is 0 Å². The van der Waals surface area contributed by atoms with Gasteiger partial charge in [-0.1, -0.05) is 25.1 Å². The van der Waals surface area contributed by atoms with E-state index in [1.165, 1.54) is 5.56 Å². The Hall–Kier alpha value is -1.21. The average Bonchev–Trinajstić information content (AvgIpc) is 2.88. The van der Waals surface area contributed by atoms with Gasteiger partial charge in [-0.25, -0.2) is 0 Å². The molecule has 3 N–H and O–H groups in total. The summed E-state index contributed by atoms with van der Waals surface area (Å²) in [5.74, 6) is 1.48. The summed E-state index contributed by atoms with van der Waals surface area (Å²) in [6.07, 6.45) is 1.82. The number of nitrogens with zero attached hydrogens (tertiary/aromatic N) is 3. The Bertz CT molecular complexity index is 562. The normalized spacial score (nSPS) is 11.7. The van der Waals surface area contributed by atoms with Gasteiger partial charge in [-0.05, 0) is 24.5 Å². The van der Waals surface area contributed by atoms with E-state index >= 15 is 0 Å². The maximum Gasteiger partial charge on any atom is 0.240 e. The molecule has 2 heterocycles. The molecule has 0 fully saturated rings. The fraction of sp³-hybridized carbons (Fsp3) is 0.500. The molecule has 0 saturated carbocycles. The zero-order chi connectivity index (χ0) is 14.5. The van der Waals surface area contributed by atoms with Crippen molar-refractivity contribution in [1.29, 1.82) is 0 Å². The van der Waals surface area contributed by atoms with Gasteiger partial charge >= 0.3 is 0 Å². The van der Waals surface area contributed by atoms with Gasteiger partial charge in [0.05, 0.1) is 24.8 Å². The number of hydrogen-bond donors (Lipinski definition) is 2. The van der Waals surface area contributed by atoms with E-state index in [-0.39, 0.29) is 37.4 Å². The van der Waals surface area contributed by atoms with Crippen LogP contribution in [-0.4, -0.2) is 15.1 Å². The molecule has 0 aliphatic heterocycles. The highest BCUT2D eigenvalue weighted by molar-refractivity contribution is 5.85. The van der Waals surface area contributed by atoms with Crippen LogP contribution in [0.2, 0.25) is 0 Å². The molecule has 0 saturated heterocycles. The molecule has 6 nitrogen and oxygen atoms in total. The topological polar surface area (TPSA) is 89.9 Å². The van der Waals surface area contributed by atoms with Gasteiger partial charge in [0.1, 0.15) is 0 Å². The maximum atomic E-state index is 5.45. The number of rotatable bonds is 6. The van der Waals surface area contributed by atoms with Gasteiger partial charge in [-0.15, -0.1) is 24.8 Å². The lowest BCUT2D eigenvalue weighted by atomic mass is 9.97. The summed E-state index contributed by atoms with van der Waals surface area (Å²) in [5, 5.41) is 7.33. The number of halogens is 2. The zero-order valence-electron chi connectivity index (χ0n) is 12.9. The highest BCUT2D eigenvalue weighted by atomic mass is 35.5. The molecule has 0 spiro atoms. The summed E-state index contributed by atoms with van der Waals surface area (Å²) < 4.78 is 4.99. The maximum absolute atomic E-state index is 5.45. The van der Waals surface area contributed by atoms with Crippen molar-refractivity contribution in [1.82, 2.24) is 20.4 Å². The lowest BCUT2D eigenvalue weighted by Gasteiger charge is -2.22. The van der Waals surface area contributed by atoms with E-state index < -0.39 is 0 Å². The van der Waals surface area contributed by atoms with Gasteiger partial charge in [0.2, 0.25) is 5.89 Å². The summed E-state index contributed by atoms with van der Waals surface area (Å²) in [6.45, 7) is 7.18. The number of aryl methyl sites for hydroxylation is 1. The largest absolute Gasteiger partial charge is 0.338 e. The second kappa shape index (κ2) is 9.74. The van der Waals surface area contributed by atoms with E-state index in [0.29, 0.717) is 24.2 Å². The third-order valence-corrected chi connectivity index (χ3v) is 3.18. The van der Waals surface area contributed by atoms with Crippen molar-refractivity contribution in [2.24, 2.45) is 11.7 Å². The highest BCUT2D eigenvalue weighted by Crippen LogP contribution is 2.22. The third kappa shape index (κ3) is 5.21. The molecular formula is C14H23Cl2N5O. The zero-order valence-corrected chi connectivity index (χ0v) is 14.6. The Balaban J connectivity index is 0.00000220. The molecule has 1 atom stereocenters. The molecule has 0 aliphatic carbocycles. The molecule has 0 bridgehead atoms. The molecule has 0 aromatic carbocycles. The molecule has 0 aliphatic rings. The van der Waals surface area contributed by atoms with E-state index in [4.69, 9.17) is 10.3 Å². The predicted molar refractivity (Wildman–Crippen MR) is 90.1 cm³/mol. The first-order valence-corrected chi connectivity index (χ1v) is 6.78. The van der Waals surface area contributed by atoms with E-state index in [0.717, 1.165) is 5.69 Å². The summed E-state index contributed by atoms with van der Waals surface area (Å²) in [7, 11) is 0. The number of hydrogen-bond acceptors (Lipinski definition) is 6. The fourth-order valence-electron chi connectivity index (χ4n) is 2.12. The van der Waals surface area contributed by atoms with Gasteiger partial charge in [0, 0.05) is 6.20 Å². The van der Waals surface area contributed by atoms with Crippen LogP contribution in [0.4, 0.5) is 0 Å². The Morgan fingerprint density at radius 3 is 2.59 bits per heavy atom. The Kier molecular flexibility index (Phi) is 9.20. The van der Waals surface area contributed by atoms with E-state index in [1.54, 1.807) is 0 Å². The van der Waals surface area contributed by atoms with E-state index in [2.05, 4.69) is 47.3 Å². The van der Waals surface area contributed by atoms with Gasteiger partial charge < -0.3 is 15.6 Å². The molecule has 2 aromatic rings. The van der Waals surface area contributed by atoms with Crippen LogP contribution in [0.1, 0.15) is 42.9 Å². The first-order chi connectivity index (χ1) is 9.61. The molecule has 124 valence electrons. The molecule has 2 aromatic heterocycles. The van der Waals surface area contributed by atoms with Crippen LogP contribution < -0.4 is 11.1 Å². The van der Waals surface area contributed by atoms with Crippen molar-refractivity contribution in [2.75, 3.05) is 0 Å². The van der Waals surface area contributed by atoms with Crippen LogP contribution in [0, 0.1) is 12.8 Å². The van der Waals surface area contributed by atoms with Crippen molar-refractivity contribution in [2.45, 2.75) is 39.9 Å². The second-order valence-electron chi connectivity index (χ2n) is 5.12. The fourth-order valence-corrected chi connectivity index (χ4v) is 2.12. The van der Waals surface area contributed by atoms with E-state index in [9.17, 15) is 0 Å². The molecule has 0 amide bonds. The summed E-state index contributed by atoms with van der Waals surface area (Å²) in [6, 6.07) is 4.17. The van der Waals surface area contributed by atoms with Crippen LogP contribution >= 0.6 is 24.8 Å². The summed E-state index contributed by atoms with van der Waals surface area (Å²) in [4.78, 5) is 8.68. The molecule has 22 heavy (non-hydrogen) atoms. The Morgan fingerprint density at radius 2 is 2.05 bits per heavy atom. The SMILES string of the molecule is Cc1cccnc1C(NCc1noc(CN)n1)C(C)C.Cl.Cl. The number of pyridine rings is 1. The van der Waals surface area contributed by atoms with Crippen LogP contribution in [0.3, 0.4) is 0 Å². The van der Waals surface area contributed by atoms with Crippen LogP contribution in [-0.2, 0) is 13.1 Å². The first-order valence-electron chi connectivity index (χ1n) is 6.78. The van der Waals surface area contributed by atoms with Gasteiger partial charge in [-0.3, -0.25) is 4.98 Å². The van der Waals surface area contributed by atoms with Gasteiger partial charge in [-0.2, -0.15) is 4.98 Å². The highest BCUT2D eigenvalue weighted by Gasteiger charge is 2.19. The Labute approximate surface area is 143 Å². The van der Waals surface area contributed by atoms with Crippen molar-refractivity contribution < 1.29 is 4.52 Å². The van der Waals surface area contributed by atoms with Crippen molar-refractivity contribution >= 4 is 24.8 Å². The smallest absolute Gasteiger partial charge is 0.240 e. The minimum atomic E-state index is 0. The van der Waals surface area contributed by atoms with E-state index in [1.807, 2.05) is 12.3 Å². The van der Waals surface area contributed by atoms with Crippen molar-refractivity contribution in [3.05, 3.63) is 41.3 Å². The lowest BCUT2D eigenvalue weighted by molar-refractivity contribution is 0.362. The van der Waals surface area contributed by atoms with Crippen LogP contribution in [0.5, 0.6) is 0 Å². The average molecular weight is 348 g/mol. The quantitative estimate of drug-likeness (QED) is 0.834. The molecule has 1 unspecified atom stereocenters.